The lowest BCUT2D eigenvalue weighted by molar-refractivity contribution is -0.125. The van der Waals surface area contributed by atoms with Crippen molar-refractivity contribution in [2.24, 2.45) is 11.8 Å². The number of nitrogens with zero attached hydrogens (tertiary/aromatic N) is 1. The van der Waals surface area contributed by atoms with Crippen LogP contribution in [0.2, 0.25) is 0 Å². The van der Waals surface area contributed by atoms with Gasteiger partial charge in [0.25, 0.3) is 0 Å². The molecule has 0 unspecified atom stereocenters. The van der Waals surface area contributed by atoms with E-state index in [-0.39, 0.29) is 19.0 Å². The Hall–Kier alpha value is -2.09. The van der Waals surface area contributed by atoms with Crippen LogP contribution in [0, 0.1) is 29.3 Å². The summed E-state index contributed by atoms with van der Waals surface area (Å²) in [6.07, 6.45) is 1.13. The third-order valence-electron chi connectivity index (χ3n) is 4.07. The minimum absolute atomic E-state index is 0.182. The van der Waals surface area contributed by atoms with E-state index in [1.54, 1.807) is 0 Å². The molecule has 1 aromatic carbocycles. The van der Waals surface area contributed by atoms with Crippen molar-refractivity contribution in [1.82, 2.24) is 10.2 Å². The number of likely N-dealkylation sites (tertiary alicyclic amines) is 1. The fourth-order valence-corrected chi connectivity index (χ4v) is 3.18. The number of hydrogen-bond donors (Lipinski definition) is 2. The molecular weight excluding hydrogens is 335 g/mol. The standard InChI is InChI=1S/C17H22F3N3O2/c1-10-5-11(2)8-23(7-10)9-15(25)21-6-14(24)22-13-4-3-12(18)16(19)17(13)20/h3-4,10-11H,5-9H2,1-2H3,(H,21,25)(H,22,24)/t10-,11-/m1/s1. The first-order valence-electron chi connectivity index (χ1n) is 8.18. The van der Waals surface area contributed by atoms with Crippen molar-refractivity contribution in [3.05, 3.63) is 29.6 Å². The van der Waals surface area contributed by atoms with E-state index in [1.807, 2.05) is 4.90 Å². The predicted octanol–water partition coefficient (Wildman–Crippen LogP) is 2.14. The SMILES string of the molecule is C[C@@H]1C[C@@H](C)CN(CC(=O)NCC(=O)Nc2ccc(F)c(F)c2F)C1. The lowest BCUT2D eigenvalue weighted by Gasteiger charge is -2.34. The largest absolute Gasteiger partial charge is 0.346 e. The van der Waals surface area contributed by atoms with Gasteiger partial charge < -0.3 is 10.6 Å². The molecule has 8 heteroatoms. The average Bonchev–Trinajstić information content (AvgIpc) is 2.52. The number of amides is 2. The molecule has 1 aliphatic heterocycles. The molecule has 2 atom stereocenters. The van der Waals surface area contributed by atoms with Crippen LogP contribution in [0.3, 0.4) is 0 Å². The predicted molar refractivity (Wildman–Crippen MR) is 87.3 cm³/mol. The smallest absolute Gasteiger partial charge is 0.243 e. The van der Waals surface area contributed by atoms with Crippen LogP contribution in [0.15, 0.2) is 12.1 Å². The van der Waals surface area contributed by atoms with Gasteiger partial charge in [0.05, 0.1) is 18.8 Å². The van der Waals surface area contributed by atoms with Crippen LogP contribution < -0.4 is 10.6 Å². The minimum atomic E-state index is -1.66. The van der Waals surface area contributed by atoms with Crippen molar-refractivity contribution in [2.45, 2.75) is 20.3 Å². The monoisotopic (exact) mass is 357 g/mol. The van der Waals surface area contributed by atoms with Gasteiger partial charge in [-0.3, -0.25) is 14.5 Å². The zero-order chi connectivity index (χ0) is 18.6. The number of carbonyl (C=O) groups excluding carboxylic acids is 2. The van der Waals surface area contributed by atoms with Gasteiger partial charge in [-0.15, -0.1) is 0 Å². The number of benzene rings is 1. The molecule has 2 rings (SSSR count). The van der Waals surface area contributed by atoms with Gasteiger partial charge >= 0.3 is 0 Å². The highest BCUT2D eigenvalue weighted by molar-refractivity contribution is 5.94. The van der Waals surface area contributed by atoms with Crippen LogP contribution in [0.1, 0.15) is 20.3 Å². The van der Waals surface area contributed by atoms with Gasteiger partial charge in [-0.25, -0.2) is 13.2 Å². The molecule has 0 aromatic heterocycles. The lowest BCUT2D eigenvalue weighted by Crippen LogP contribution is -2.45. The maximum Gasteiger partial charge on any atom is 0.243 e. The van der Waals surface area contributed by atoms with Crippen LogP contribution in [0.4, 0.5) is 18.9 Å². The summed E-state index contributed by atoms with van der Waals surface area (Å²) in [4.78, 5) is 25.7. The fraction of sp³-hybridized carbons (Fsp3) is 0.529. The minimum Gasteiger partial charge on any atom is -0.346 e. The van der Waals surface area contributed by atoms with E-state index in [1.165, 1.54) is 0 Å². The van der Waals surface area contributed by atoms with Gasteiger partial charge in [-0.05, 0) is 30.4 Å². The highest BCUT2D eigenvalue weighted by Crippen LogP contribution is 2.21. The van der Waals surface area contributed by atoms with Crippen LogP contribution in [-0.4, -0.2) is 42.9 Å². The van der Waals surface area contributed by atoms with E-state index in [0.29, 0.717) is 17.9 Å². The van der Waals surface area contributed by atoms with Crippen molar-refractivity contribution in [3.8, 4) is 0 Å². The first-order valence-corrected chi connectivity index (χ1v) is 8.18. The molecule has 0 bridgehead atoms. The van der Waals surface area contributed by atoms with Gasteiger partial charge in [-0.2, -0.15) is 0 Å². The summed E-state index contributed by atoms with van der Waals surface area (Å²) in [6, 6.07) is 1.63. The summed E-state index contributed by atoms with van der Waals surface area (Å²) in [6.45, 7) is 5.71. The zero-order valence-electron chi connectivity index (χ0n) is 14.2. The van der Waals surface area contributed by atoms with Crippen LogP contribution >= 0.6 is 0 Å². The summed E-state index contributed by atoms with van der Waals surface area (Å²) >= 11 is 0. The summed E-state index contributed by atoms with van der Waals surface area (Å²) in [5, 5.41) is 4.54. The number of hydrogen-bond acceptors (Lipinski definition) is 3. The van der Waals surface area contributed by atoms with Gasteiger partial charge in [0.1, 0.15) is 0 Å². The number of anilines is 1. The summed E-state index contributed by atoms with van der Waals surface area (Å²) in [7, 11) is 0. The van der Waals surface area contributed by atoms with E-state index in [9.17, 15) is 22.8 Å². The number of piperidine rings is 1. The fourth-order valence-electron chi connectivity index (χ4n) is 3.18. The Bertz CT molecular complexity index is 644. The Labute approximate surface area is 144 Å². The van der Waals surface area contributed by atoms with Gasteiger partial charge in [-0.1, -0.05) is 13.8 Å². The topological polar surface area (TPSA) is 61.4 Å². The highest BCUT2D eigenvalue weighted by atomic mass is 19.2. The number of carbonyl (C=O) groups is 2. The molecule has 2 N–H and O–H groups in total. The number of rotatable bonds is 5. The summed E-state index contributed by atoms with van der Waals surface area (Å²) < 4.78 is 39.4. The van der Waals surface area contributed by atoms with E-state index >= 15 is 0 Å². The third kappa shape index (κ3) is 5.45. The van der Waals surface area contributed by atoms with Crippen molar-refractivity contribution >= 4 is 17.5 Å². The van der Waals surface area contributed by atoms with E-state index in [4.69, 9.17) is 0 Å². The van der Waals surface area contributed by atoms with Crippen molar-refractivity contribution in [3.63, 3.8) is 0 Å². The molecule has 1 aromatic rings. The second-order valence-electron chi connectivity index (χ2n) is 6.69. The van der Waals surface area contributed by atoms with Crippen LogP contribution in [0.25, 0.3) is 0 Å². The molecule has 0 spiro atoms. The molecule has 2 amide bonds. The van der Waals surface area contributed by atoms with Crippen LogP contribution in [-0.2, 0) is 9.59 Å². The molecule has 1 heterocycles. The Morgan fingerprint density at radius 2 is 1.72 bits per heavy atom. The molecule has 0 radical (unpaired) electrons. The second kappa shape index (κ2) is 8.33. The van der Waals surface area contributed by atoms with Gasteiger partial charge in [0, 0.05) is 13.1 Å². The highest BCUT2D eigenvalue weighted by Gasteiger charge is 2.23. The van der Waals surface area contributed by atoms with Crippen molar-refractivity contribution in [1.29, 1.82) is 0 Å². The summed E-state index contributed by atoms with van der Waals surface area (Å²) in [5.74, 6) is -4.49. The van der Waals surface area contributed by atoms with Gasteiger partial charge in [0.2, 0.25) is 11.8 Å². The van der Waals surface area contributed by atoms with Crippen LogP contribution in [0.5, 0.6) is 0 Å². The molecule has 5 nitrogen and oxygen atoms in total. The van der Waals surface area contributed by atoms with Crippen molar-refractivity contribution in [2.75, 3.05) is 31.5 Å². The molecule has 0 saturated carbocycles. The Balaban J connectivity index is 1.80. The van der Waals surface area contributed by atoms with Gasteiger partial charge in [0.15, 0.2) is 17.5 Å². The Morgan fingerprint density at radius 3 is 2.36 bits per heavy atom. The molecule has 1 fully saturated rings. The van der Waals surface area contributed by atoms with Crippen molar-refractivity contribution < 1.29 is 22.8 Å². The maximum atomic E-state index is 13.5. The first kappa shape index (κ1) is 19.2. The maximum absolute atomic E-state index is 13.5. The molecular formula is C17H22F3N3O2. The molecule has 1 saturated heterocycles. The average molecular weight is 357 g/mol. The summed E-state index contributed by atoms with van der Waals surface area (Å²) in [5.41, 5.74) is -0.475. The molecule has 1 aliphatic rings. The van der Waals surface area contributed by atoms with E-state index in [2.05, 4.69) is 24.5 Å². The quantitative estimate of drug-likeness (QED) is 0.794. The first-order chi connectivity index (χ1) is 11.8. The zero-order valence-corrected chi connectivity index (χ0v) is 14.2. The molecule has 138 valence electrons. The molecule has 25 heavy (non-hydrogen) atoms. The Kier molecular flexibility index (Phi) is 6.41. The lowest BCUT2D eigenvalue weighted by atomic mass is 9.92. The number of nitrogens with one attached hydrogen (secondary N) is 2. The Morgan fingerprint density at radius 1 is 1.08 bits per heavy atom. The third-order valence-corrected chi connectivity index (χ3v) is 4.07. The van der Waals surface area contributed by atoms with E-state index < -0.39 is 29.0 Å². The second-order valence-corrected chi connectivity index (χ2v) is 6.69. The normalized spacial score (nSPS) is 21.0. The molecule has 0 aliphatic carbocycles. The van der Waals surface area contributed by atoms with E-state index in [0.717, 1.165) is 25.6 Å². The number of halogens is 3.